The normalized spacial score (nSPS) is 18.1. The first-order valence-corrected chi connectivity index (χ1v) is 15.8. The number of hydrogen-bond acceptors (Lipinski definition) is 7. The molecule has 2 fully saturated rings. The maximum Gasteiger partial charge on any atom is 0.109 e. The second kappa shape index (κ2) is 11.8. The van der Waals surface area contributed by atoms with Gasteiger partial charge in [0.2, 0.25) is 0 Å². The lowest BCUT2D eigenvalue weighted by Crippen LogP contribution is -2.46. The van der Waals surface area contributed by atoms with E-state index in [4.69, 9.17) is 11.6 Å². The maximum atomic E-state index is 9.93. The van der Waals surface area contributed by atoms with Crippen molar-refractivity contribution < 1.29 is 0 Å². The van der Waals surface area contributed by atoms with Crippen LogP contribution in [0.5, 0.6) is 0 Å². The van der Waals surface area contributed by atoms with E-state index in [1.54, 1.807) is 6.20 Å². The molecule has 1 aliphatic heterocycles. The van der Waals surface area contributed by atoms with Gasteiger partial charge in [-0.15, -0.1) is 5.10 Å². The summed E-state index contributed by atoms with van der Waals surface area (Å²) >= 11 is 6.83. The second-order valence-corrected chi connectivity index (χ2v) is 13.9. The maximum absolute atomic E-state index is 9.93. The van der Waals surface area contributed by atoms with E-state index in [2.05, 4.69) is 82.9 Å². The molecule has 0 radical (unpaired) electrons. The minimum Gasteiger partial charge on any atom is -0.383 e. The van der Waals surface area contributed by atoms with Crippen LogP contribution in [-0.2, 0) is 0 Å². The first kappa shape index (κ1) is 29.4. The zero-order valence-electron chi connectivity index (χ0n) is 25.6. The van der Waals surface area contributed by atoms with Gasteiger partial charge in [-0.05, 0) is 69.6 Å². The number of nitriles is 1. The summed E-state index contributed by atoms with van der Waals surface area (Å²) in [5.74, 6) is 0. The van der Waals surface area contributed by atoms with Gasteiger partial charge in [0.25, 0.3) is 0 Å². The fourth-order valence-corrected chi connectivity index (χ4v) is 6.69. The number of hydrogen-bond donors (Lipinski definition) is 2. The van der Waals surface area contributed by atoms with Crippen molar-refractivity contribution in [3.05, 3.63) is 76.7 Å². The Morgan fingerprint density at radius 2 is 1.88 bits per heavy atom. The average molecular weight is 597 g/mol. The van der Waals surface area contributed by atoms with Crippen molar-refractivity contribution in [2.24, 2.45) is 5.41 Å². The summed E-state index contributed by atoms with van der Waals surface area (Å²) in [6.45, 7) is 12.0. The first-order chi connectivity index (χ1) is 20.6. The fraction of sp³-hybridized carbons (Fsp3) is 0.471. The molecule has 1 aliphatic carbocycles. The van der Waals surface area contributed by atoms with E-state index in [0.717, 1.165) is 60.5 Å². The Labute approximate surface area is 259 Å². The van der Waals surface area contributed by atoms with E-state index >= 15 is 0 Å². The van der Waals surface area contributed by atoms with Gasteiger partial charge in [-0.2, -0.15) is 5.26 Å². The van der Waals surface area contributed by atoms with Crippen LogP contribution in [0.3, 0.4) is 0 Å². The Morgan fingerprint density at radius 3 is 2.53 bits per heavy atom. The molecule has 0 amide bonds. The topological polar surface area (TPSA) is 94.7 Å². The smallest absolute Gasteiger partial charge is 0.109 e. The lowest BCUT2D eigenvalue weighted by Gasteiger charge is -2.40. The number of piperidine rings is 1. The number of rotatable bonds is 8. The Balaban J connectivity index is 1.31. The highest BCUT2D eigenvalue weighted by Gasteiger charge is 2.32. The highest BCUT2D eigenvalue weighted by atomic mass is 35.5. The van der Waals surface area contributed by atoms with Crippen molar-refractivity contribution in [3.63, 3.8) is 0 Å². The van der Waals surface area contributed by atoms with Crippen LogP contribution in [-0.4, -0.2) is 50.1 Å². The average Bonchev–Trinajstić information content (AvgIpc) is 3.48. The lowest BCUT2D eigenvalue weighted by atomic mass is 9.70. The van der Waals surface area contributed by atoms with Crippen LogP contribution in [0.1, 0.15) is 88.7 Å². The van der Waals surface area contributed by atoms with Gasteiger partial charge in [-0.3, -0.25) is 9.88 Å². The molecule has 2 aromatic carbocycles. The van der Waals surface area contributed by atoms with Crippen LogP contribution in [0.25, 0.3) is 10.9 Å². The molecule has 8 nitrogen and oxygen atoms in total. The molecule has 43 heavy (non-hydrogen) atoms. The van der Waals surface area contributed by atoms with Gasteiger partial charge in [-0.25, -0.2) is 4.68 Å². The Bertz CT molecular complexity index is 1620. The van der Waals surface area contributed by atoms with Crippen molar-refractivity contribution in [1.29, 1.82) is 5.26 Å². The molecule has 0 bridgehead atoms. The molecule has 3 heterocycles. The van der Waals surface area contributed by atoms with E-state index in [9.17, 15) is 5.26 Å². The molecule has 1 saturated heterocycles. The molecule has 2 aromatic heterocycles. The van der Waals surface area contributed by atoms with E-state index < -0.39 is 0 Å². The van der Waals surface area contributed by atoms with Gasteiger partial charge in [0, 0.05) is 42.4 Å². The third-order valence-electron chi connectivity index (χ3n) is 9.35. The highest BCUT2D eigenvalue weighted by Crippen LogP contribution is 2.42. The first-order valence-electron chi connectivity index (χ1n) is 15.4. The van der Waals surface area contributed by atoms with Gasteiger partial charge in [-0.1, -0.05) is 60.5 Å². The van der Waals surface area contributed by atoms with Gasteiger partial charge < -0.3 is 10.6 Å². The lowest BCUT2D eigenvalue weighted by molar-refractivity contribution is 0.0866. The van der Waals surface area contributed by atoms with Crippen LogP contribution in [0.2, 0.25) is 5.02 Å². The van der Waals surface area contributed by atoms with Gasteiger partial charge >= 0.3 is 0 Å². The molecule has 9 heteroatoms. The summed E-state index contributed by atoms with van der Waals surface area (Å²) in [5, 5.41) is 27.9. The van der Waals surface area contributed by atoms with E-state index in [1.807, 2.05) is 35.0 Å². The molecule has 0 spiro atoms. The van der Waals surface area contributed by atoms with Crippen molar-refractivity contribution in [1.82, 2.24) is 24.9 Å². The third-order valence-corrected chi connectivity index (χ3v) is 9.64. The summed E-state index contributed by atoms with van der Waals surface area (Å²) in [5.41, 5.74) is 5.16. The van der Waals surface area contributed by atoms with Crippen LogP contribution < -0.4 is 10.6 Å². The van der Waals surface area contributed by atoms with Crippen LogP contribution in [0.15, 0.2) is 54.9 Å². The number of halogens is 1. The minimum absolute atomic E-state index is 0.177. The monoisotopic (exact) mass is 596 g/mol. The highest BCUT2D eigenvalue weighted by molar-refractivity contribution is 6.35. The van der Waals surface area contributed by atoms with Crippen LogP contribution in [0, 0.1) is 16.7 Å². The number of nitrogens with one attached hydrogen (secondary N) is 2. The predicted molar refractivity (Wildman–Crippen MR) is 173 cm³/mol. The summed E-state index contributed by atoms with van der Waals surface area (Å²) in [6.07, 6.45) is 9.43. The number of aromatic nitrogens is 4. The Kier molecular flexibility index (Phi) is 8.06. The molecular weight excluding hydrogens is 556 g/mol. The number of nitrogens with zero attached hydrogens (tertiary/aromatic N) is 6. The minimum atomic E-state index is -0.240. The van der Waals surface area contributed by atoms with Gasteiger partial charge in [0.05, 0.1) is 40.1 Å². The van der Waals surface area contributed by atoms with Crippen molar-refractivity contribution in [3.8, 4) is 6.07 Å². The van der Waals surface area contributed by atoms with Gasteiger partial charge in [0.15, 0.2) is 0 Å². The predicted octanol–water partition coefficient (Wildman–Crippen LogP) is 7.59. The Hall–Kier alpha value is -3.67. The van der Waals surface area contributed by atoms with E-state index in [1.165, 1.54) is 19.3 Å². The molecule has 2 aliphatic rings. The molecule has 1 unspecified atom stereocenters. The summed E-state index contributed by atoms with van der Waals surface area (Å²) in [6, 6.07) is 16.7. The zero-order chi connectivity index (χ0) is 30.2. The van der Waals surface area contributed by atoms with Crippen molar-refractivity contribution in [2.75, 3.05) is 30.3 Å². The summed E-state index contributed by atoms with van der Waals surface area (Å²) < 4.78 is 2.05. The zero-order valence-corrected chi connectivity index (χ0v) is 26.3. The molecule has 2 N–H and O–H groups in total. The second-order valence-electron chi connectivity index (χ2n) is 13.5. The molecular formula is C34H41ClN8. The number of pyridine rings is 1. The van der Waals surface area contributed by atoms with Crippen molar-refractivity contribution in [2.45, 2.75) is 77.4 Å². The Morgan fingerprint density at radius 1 is 1.14 bits per heavy atom. The summed E-state index contributed by atoms with van der Waals surface area (Å²) in [7, 11) is 0. The molecule has 1 atom stereocenters. The number of fused-ring (bicyclic) bond motifs is 1. The third kappa shape index (κ3) is 6.20. The van der Waals surface area contributed by atoms with E-state index in [0.29, 0.717) is 22.1 Å². The number of anilines is 2. The van der Waals surface area contributed by atoms with Crippen LogP contribution >= 0.6 is 11.6 Å². The van der Waals surface area contributed by atoms with Crippen molar-refractivity contribution >= 4 is 33.9 Å². The summed E-state index contributed by atoms with van der Waals surface area (Å²) in [4.78, 5) is 7.09. The van der Waals surface area contributed by atoms with Crippen LogP contribution in [0.4, 0.5) is 11.4 Å². The van der Waals surface area contributed by atoms with Gasteiger partial charge in [0.1, 0.15) is 11.8 Å². The number of benzene rings is 2. The molecule has 6 rings (SSSR count). The standard InChI is InChI=1S/C34H41ClN8/c1-33(2,3)42-15-11-26(12-16-42)43-21-29(40-41-43)31(23-9-6-5-7-10-23)39-25-17-27-30(38-22-34(4)13-8-14-34)24(19-36)20-37-32(27)28(35)18-25/h5-7,9-10,17-18,20-21,26,31,39H,8,11-16,22H2,1-4H3,(H,37,38). The quantitative estimate of drug-likeness (QED) is 0.216. The molecule has 4 aromatic rings. The largest absolute Gasteiger partial charge is 0.383 e. The fourth-order valence-electron chi connectivity index (χ4n) is 6.42. The number of likely N-dealkylation sites (tertiary alicyclic amines) is 1. The molecule has 224 valence electrons. The molecule has 1 saturated carbocycles. The van der Waals surface area contributed by atoms with E-state index in [-0.39, 0.29) is 17.0 Å². The SMILES string of the molecule is CC1(CNc2c(C#N)cnc3c(Cl)cc(NC(c4ccccc4)c4cn(C5CCN(C(C)(C)C)CC5)nn4)cc23)CCC1.